The summed E-state index contributed by atoms with van der Waals surface area (Å²) in [6, 6.07) is 10.1. The molecule has 4 N–H and O–H groups in total. The van der Waals surface area contributed by atoms with Crippen molar-refractivity contribution in [2.75, 3.05) is 17.2 Å². The normalized spacial score (nSPS) is 18.8. The van der Waals surface area contributed by atoms with Crippen LogP contribution in [0.5, 0.6) is 0 Å². The van der Waals surface area contributed by atoms with Gasteiger partial charge in [-0.1, -0.05) is 18.2 Å². The van der Waals surface area contributed by atoms with Crippen LogP contribution >= 0.6 is 0 Å². The van der Waals surface area contributed by atoms with Gasteiger partial charge in [-0.15, -0.1) is 0 Å². The van der Waals surface area contributed by atoms with Gasteiger partial charge in [0.1, 0.15) is 6.20 Å². The molecule has 0 radical (unpaired) electrons. The molecular weight excluding hydrogens is 382 g/mol. The van der Waals surface area contributed by atoms with Crippen molar-refractivity contribution in [3.8, 4) is 0 Å². The molecule has 0 aliphatic heterocycles. The van der Waals surface area contributed by atoms with Gasteiger partial charge in [-0.25, -0.2) is 4.98 Å². The molecule has 1 aliphatic rings. The number of nitrogens with two attached hydrogens (primary N) is 1. The highest BCUT2D eigenvalue weighted by Crippen LogP contribution is 2.27. The van der Waals surface area contributed by atoms with Crippen molar-refractivity contribution in [2.45, 2.75) is 38.3 Å². The van der Waals surface area contributed by atoms with Crippen molar-refractivity contribution in [1.29, 1.82) is 0 Å². The molecule has 0 amide bonds. The standard InChI is InChI=1S/C21H25N7O2/c22-16-7-5-14(6-8-16)11-24-20-19(28(29)30)13-26-21(27-20)25-12-15-9-10-23-18-4-2-1-3-17(15)18/h1-4,9-10,13-14,16H,5-8,11-12,22H2,(H2,24,25,26,27)/t14-,16-. The third-order valence-electron chi connectivity index (χ3n) is 5.59. The number of rotatable bonds is 7. The number of fused-ring (bicyclic) bond motifs is 1. The lowest BCUT2D eigenvalue weighted by molar-refractivity contribution is -0.384. The van der Waals surface area contributed by atoms with Crippen LogP contribution in [-0.4, -0.2) is 32.5 Å². The molecule has 30 heavy (non-hydrogen) atoms. The number of aromatic nitrogens is 3. The largest absolute Gasteiger partial charge is 0.364 e. The summed E-state index contributed by atoms with van der Waals surface area (Å²) in [6.45, 7) is 1.12. The summed E-state index contributed by atoms with van der Waals surface area (Å²) < 4.78 is 0. The van der Waals surface area contributed by atoms with Crippen LogP contribution in [-0.2, 0) is 6.54 Å². The molecule has 9 nitrogen and oxygen atoms in total. The van der Waals surface area contributed by atoms with Crippen LogP contribution in [0.25, 0.3) is 10.9 Å². The second-order valence-electron chi connectivity index (χ2n) is 7.69. The topological polar surface area (TPSA) is 132 Å². The summed E-state index contributed by atoms with van der Waals surface area (Å²) in [5, 5.41) is 18.8. The van der Waals surface area contributed by atoms with Crippen molar-refractivity contribution in [3.63, 3.8) is 0 Å². The molecule has 1 aromatic carbocycles. The van der Waals surface area contributed by atoms with Gasteiger partial charge < -0.3 is 16.4 Å². The molecule has 156 valence electrons. The van der Waals surface area contributed by atoms with Gasteiger partial charge in [0, 0.05) is 30.7 Å². The minimum absolute atomic E-state index is 0.123. The first-order valence-electron chi connectivity index (χ1n) is 10.2. The fourth-order valence-electron chi connectivity index (χ4n) is 3.84. The molecule has 1 fully saturated rings. The van der Waals surface area contributed by atoms with Crippen molar-refractivity contribution in [1.82, 2.24) is 15.0 Å². The summed E-state index contributed by atoms with van der Waals surface area (Å²) >= 11 is 0. The Hall–Kier alpha value is -3.33. The van der Waals surface area contributed by atoms with Gasteiger partial charge in [-0.05, 0) is 49.3 Å². The van der Waals surface area contributed by atoms with E-state index < -0.39 is 4.92 Å². The van der Waals surface area contributed by atoms with Gasteiger partial charge in [-0.2, -0.15) is 4.98 Å². The average molecular weight is 407 g/mol. The number of hydrogen-bond donors (Lipinski definition) is 3. The molecule has 0 bridgehead atoms. The van der Waals surface area contributed by atoms with Crippen LogP contribution in [0, 0.1) is 16.0 Å². The molecule has 1 saturated carbocycles. The zero-order valence-corrected chi connectivity index (χ0v) is 16.6. The predicted octanol–water partition coefficient (Wildman–Crippen LogP) is 3.47. The van der Waals surface area contributed by atoms with E-state index in [-0.39, 0.29) is 17.5 Å². The van der Waals surface area contributed by atoms with E-state index in [1.54, 1.807) is 6.20 Å². The van der Waals surface area contributed by atoms with Gasteiger partial charge in [-0.3, -0.25) is 15.1 Å². The lowest BCUT2D eigenvalue weighted by atomic mass is 9.86. The van der Waals surface area contributed by atoms with Crippen LogP contribution in [0.2, 0.25) is 0 Å². The maximum Gasteiger partial charge on any atom is 0.329 e. The van der Waals surface area contributed by atoms with E-state index in [0.717, 1.165) is 42.1 Å². The molecule has 1 aliphatic carbocycles. The lowest BCUT2D eigenvalue weighted by Crippen LogP contribution is -2.29. The summed E-state index contributed by atoms with van der Waals surface area (Å²) in [4.78, 5) is 23.8. The SMILES string of the molecule is N[C@H]1CC[C@H](CNc2nc(NCc3ccnc4ccccc34)ncc2[N+](=O)[O-])CC1. The first-order chi connectivity index (χ1) is 14.6. The third-order valence-corrected chi connectivity index (χ3v) is 5.59. The quantitative estimate of drug-likeness (QED) is 0.401. The third kappa shape index (κ3) is 4.62. The summed E-state index contributed by atoms with van der Waals surface area (Å²) in [6.07, 6.45) is 7.04. The Kier molecular flexibility index (Phi) is 5.99. The van der Waals surface area contributed by atoms with E-state index >= 15 is 0 Å². The molecule has 9 heteroatoms. The van der Waals surface area contributed by atoms with Gasteiger partial charge in [0.05, 0.1) is 10.4 Å². The first-order valence-corrected chi connectivity index (χ1v) is 10.2. The minimum atomic E-state index is -0.459. The van der Waals surface area contributed by atoms with Crippen molar-refractivity contribution in [3.05, 3.63) is 58.4 Å². The molecule has 2 aromatic heterocycles. The molecule has 2 heterocycles. The Morgan fingerprint density at radius 3 is 2.70 bits per heavy atom. The van der Waals surface area contributed by atoms with E-state index in [4.69, 9.17) is 5.73 Å². The van der Waals surface area contributed by atoms with E-state index in [0.29, 0.717) is 25.0 Å². The van der Waals surface area contributed by atoms with Gasteiger partial charge in [0.2, 0.25) is 11.8 Å². The highest BCUT2D eigenvalue weighted by atomic mass is 16.6. The maximum absolute atomic E-state index is 11.4. The zero-order chi connectivity index (χ0) is 20.9. The number of nitrogens with one attached hydrogen (secondary N) is 2. The second kappa shape index (κ2) is 9.00. The van der Waals surface area contributed by atoms with Crippen LogP contribution < -0.4 is 16.4 Å². The van der Waals surface area contributed by atoms with E-state index in [9.17, 15) is 10.1 Å². The number of anilines is 2. The van der Waals surface area contributed by atoms with Crippen LogP contribution in [0.4, 0.5) is 17.5 Å². The molecule has 0 spiro atoms. The Bertz CT molecular complexity index is 1030. The fraction of sp³-hybridized carbons (Fsp3) is 0.381. The molecule has 0 atom stereocenters. The van der Waals surface area contributed by atoms with Crippen molar-refractivity contribution < 1.29 is 4.92 Å². The number of pyridine rings is 1. The van der Waals surface area contributed by atoms with E-state index in [1.165, 1.54) is 6.20 Å². The molecule has 3 aromatic rings. The number of hydrogen-bond acceptors (Lipinski definition) is 8. The van der Waals surface area contributed by atoms with Crippen LogP contribution in [0.15, 0.2) is 42.7 Å². The minimum Gasteiger partial charge on any atom is -0.364 e. The van der Waals surface area contributed by atoms with Crippen molar-refractivity contribution in [2.24, 2.45) is 11.7 Å². The number of benzene rings is 1. The Morgan fingerprint density at radius 2 is 1.90 bits per heavy atom. The molecular formula is C21H25N7O2. The Morgan fingerprint density at radius 1 is 1.10 bits per heavy atom. The Balaban J connectivity index is 1.47. The molecule has 4 rings (SSSR count). The lowest BCUT2D eigenvalue weighted by Gasteiger charge is -2.26. The summed E-state index contributed by atoms with van der Waals surface area (Å²) in [5.74, 6) is 1.03. The van der Waals surface area contributed by atoms with Gasteiger partial charge in [0.25, 0.3) is 0 Å². The van der Waals surface area contributed by atoms with Gasteiger partial charge >= 0.3 is 5.69 Å². The Labute approximate surface area is 174 Å². The second-order valence-corrected chi connectivity index (χ2v) is 7.69. The number of nitrogens with zero attached hydrogens (tertiary/aromatic N) is 4. The maximum atomic E-state index is 11.4. The van der Waals surface area contributed by atoms with Crippen molar-refractivity contribution >= 4 is 28.4 Å². The first kappa shape index (κ1) is 20.0. The number of para-hydroxylation sites is 1. The van der Waals surface area contributed by atoms with Crippen LogP contribution in [0.1, 0.15) is 31.2 Å². The molecule has 0 saturated heterocycles. The van der Waals surface area contributed by atoms with Gasteiger partial charge in [0.15, 0.2) is 0 Å². The highest BCUT2D eigenvalue weighted by Gasteiger charge is 2.21. The molecule has 0 unspecified atom stereocenters. The van der Waals surface area contributed by atoms with Crippen LogP contribution in [0.3, 0.4) is 0 Å². The smallest absolute Gasteiger partial charge is 0.329 e. The summed E-state index contributed by atoms with van der Waals surface area (Å²) in [5.41, 5.74) is 7.80. The fourth-order valence-corrected chi connectivity index (χ4v) is 3.84. The van der Waals surface area contributed by atoms with E-state index in [1.807, 2.05) is 30.3 Å². The monoisotopic (exact) mass is 407 g/mol. The number of nitro groups is 1. The predicted molar refractivity (Wildman–Crippen MR) is 116 cm³/mol. The average Bonchev–Trinajstić information content (AvgIpc) is 2.77. The highest BCUT2D eigenvalue weighted by molar-refractivity contribution is 5.82. The van der Waals surface area contributed by atoms with E-state index in [2.05, 4.69) is 25.6 Å². The zero-order valence-electron chi connectivity index (χ0n) is 16.6. The summed E-state index contributed by atoms with van der Waals surface area (Å²) in [7, 11) is 0.